The molecule has 4 heterocycles. The minimum Gasteiger partial charge on any atom is -0.459 e. The normalized spacial score (nSPS) is 23.8. The maximum atomic E-state index is 13.3. The van der Waals surface area contributed by atoms with E-state index in [9.17, 15) is 19.7 Å². The second-order valence-corrected chi connectivity index (χ2v) is 10.4. The second-order valence-electron chi connectivity index (χ2n) is 10.4. The summed E-state index contributed by atoms with van der Waals surface area (Å²) in [4.78, 5) is 41.7. The van der Waals surface area contributed by atoms with Gasteiger partial charge in [-0.15, -0.1) is 0 Å². The molecule has 0 spiro atoms. The van der Waals surface area contributed by atoms with Crippen LogP contribution in [0.25, 0.3) is 11.0 Å². The van der Waals surface area contributed by atoms with Gasteiger partial charge in [-0.25, -0.2) is 14.6 Å². The van der Waals surface area contributed by atoms with Crippen molar-refractivity contribution in [2.45, 2.75) is 30.5 Å². The molecule has 12 heteroatoms. The van der Waals surface area contributed by atoms with Crippen molar-refractivity contribution in [1.29, 1.82) is 0 Å². The highest BCUT2D eigenvalue weighted by molar-refractivity contribution is 5.90. The zero-order valence-corrected chi connectivity index (χ0v) is 23.5. The van der Waals surface area contributed by atoms with Gasteiger partial charge in [0.2, 0.25) is 0 Å². The van der Waals surface area contributed by atoms with Gasteiger partial charge in [0.05, 0.1) is 21.4 Å². The van der Waals surface area contributed by atoms with Crippen LogP contribution in [0.1, 0.15) is 26.3 Å². The Morgan fingerprint density at radius 1 is 0.867 bits per heavy atom. The van der Waals surface area contributed by atoms with Crippen molar-refractivity contribution in [2.24, 2.45) is 0 Å². The summed E-state index contributed by atoms with van der Waals surface area (Å²) in [5, 5.41) is 12.0. The molecule has 5 atom stereocenters. The lowest BCUT2D eigenvalue weighted by atomic mass is 10.1. The van der Waals surface area contributed by atoms with E-state index < -0.39 is 47.4 Å². The van der Waals surface area contributed by atoms with Crippen LogP contribution in [0.5, 0.6) is 0 Å². The van der Waals surface area contributed by atoms with Crippen LogP contribution in [-0.2, 0) is 29.6 Å². The number of esters is 2. The number of hydrogen-bond acceptors (Lipinski definition) is 10. The number of nitro groups is 1. The average Bonchev–Trinajstić information content (AvgIpc) is 3.77. The number of nitrogens with zero attached hydrogens (tertiary/aromatic N) is 3. The van der Waals surface area contributed by atoms with Gasteiger partial charge in [0.15, 0.2) is 24.1 Å². The molecular formula is C33H25N3O9. The molecule has 1 unspecified atom stereocenters. The van der Waals surface area contributed by atoms with Crippen molar-refractivity contribution in [3.63, 3.8) is 0 Å². The summed E-state index contributed by atoms with van der Waals surface area (Å²) < 4.78 is 32.5. The van der Waals surface area contributed by atoms with E-state index in [1.807, 2.05) is 6.07 Å². The monoisotopic (exact) mass is 607 g/mol. The summed E-state index contributed by atoms with van der Waals surface area (Å²) in [7, 11) is 0. The van der Waals surface area contributed by atoms with Crippen molar-refractivity contribution in [3.8, 4) is 0 Å². The molecule has 2 saturated heterocycles. The van der Waals surface area contributed by atoms with Crippen molar-refractivity contribution < 1.29 is 38.2 Å². The van der Waals surface area contributed by atoms with E-state index in [0.717, 1.165) is 0 Å². The number of pyridine rings is 1. The minimum atomic E-state index is -1.70. The fourth-order valence-electron chi connectivity index (χ4n) is 5.60. The van der Waals surface area contributed by atoms with Crippen LogP contribution in [0.15, 0.2) is 116 Å². The highest BCUT2D eigenvalue weighted by Crippen LogP contribution is 2.47. The number of hydrogen-bond donors (Lipinski definition) is 0. The van der Waals surface area contributed by atoms with Crippen molar-refractivity contribution in [3.05, 3.63) is 142 Å². The number of aromatic nitrogens is 2. The van der Waals surface area contributed by atoms with E-state index in [2.05, 4.69) is 4.98 Å². The van der Waals surface area contributed by atoms with Gasteiger partial charge in [0, 0.05) is 24.0 Å². The van der Waals surface area contributed by atoms with E-state index >= 15 is 0 Å². The first-order chi connectivity index (χ1) is 21.9. The Kier molecular flexibility index (Phi) is 7.29. The molecule has 0 amide bonds. The first kappa shape index (κ1) is 28.3. The zero-order valence-electron chi connectivity index (χ0n) is 23.5. The molecule has 2 aliphatic rings. The number of carbonyl (C=O) groups excluding carboxylic acids is 2. The summed E-state index contributed by atoms with van der Waals surface area (Å²) >= 11 is 0. The van der Waals surface area contributed by atoms with Gasteiger partial charge in [-0.05, 0) is 30.3 Å². The van der Waals surface area contributed by atoms with Crippen LogP contribution in [0.3, 0.4) is 0 Å². The highest BCUT2D eigenvalue weighted by atomic mass is 16.9. The summed E-state index contributed by atoms with van der Waals surface area (Å²) in [6.45, 7) is -0.251. The minimum absolute atomic E-state index is 0.133. The molecule has 0 N–H and O–H groups in total. The van der Waals surface area contributed by atoms with Crippen LogP contribution in [-0.4, -0.2) is 57.6 Å². The van der Waals surface area contributed by atoms with Gasteiger partial charge in [0.25, 0.3) is 11.6 Å². The topological polar surface area (TPSA) is 141 Å². The van der Waals surface area contributed by atoms with E-state index in [1.165, 1.54) is 12.3 Å². The van der Waals surface area contributed by atoms with Crippen LogP contribution < -0.4 is 0 Å². The molecule has 12 nitrogen and oxygen atoms in total. The molecule has 2 fully saturated rings. The maximum Gasteiger partial charge on any atom is 0.338 e. The second kappa shape index (κ2) is 11.6. The summed E-state index contributed by atoms with van der Waals surface area (Å²) in [5.41, 5.74) is 1.30. The number of fused-ring (bicyclic) bond motifs is 2. The van der Waals surface area contributed by atoms with Crippen LogP contribution >= 0.6 is 0 Å². The largest absolute Gasteiger partial charge is 0.459 e. The van der Waals surface area contributed by atoms with Gasteiger partial charge in [-0.2, -0.15) is 0 Å². The number of carbonyl (C=O) groups is 2. The van der Waals surface area contributed by atoms with Gasteiger partial charge < -0.3 is 18.9 Å². The van der Waals surface area contributed by atoms with Crippen molar-refractivity contribution in [2.75, 3.05) is 6.61 Å². The lowest BCUT2D eigenvalue weighted by molar-refractivity contribution is -0.383. The first-order valence-corrected chi connectivity index (χ1v) is 14.1. The third-order valence-electron chi connectivity index (χ3n) is 7.70. The predicted octanol–water partition coefficient (Wildman–Crippen LogP) is 4.83. The quantitative estimate of drug-likeness (QED) is 0.137. The zero-order chi connectivity index (χ0) is 31.0. The Morgan fingerprint density at radius 2 is 1.51 bits per heavy atom. The standard InChI is InChI=1S/C33H25N3O9/c37-30(21-10-4-1-5-11-21)41-20-26-27(43-31(38)22-12-6-2-7-13-22)28-32(42-26)45-33(44-28,23-14-8-3-9-15-23)35-19-17-24-25(36(39)40)16-18-34-29(24)35/h1-19,26-28,32H,20H2/t26-,27-,28-,32-,33?/m1/s1. The Bertz CT molecular complexity index is 1870. The van der Waals surface area contributed by atoms with E-state index in [4.69, 9.17) is 23.7 Å². The lowest BCUT2D eigenvalue weighted by Crippen LogP contribution is -2.43. The Hall–Kier alpha value is -5.43. The molecule has 3 aromatic carbocycles. The smallest absolute Gasteiger partial charge is 0.338 e. The molecule has 0 bridgehead atoms. The van der Waals surface area contributed by atoms with Gasteiger partial charge >= 0.3 is 11.9 Å². The van der Waals surface area contributed by atoms with E-state index in [1.54, 1.807) is 102 Å². The fraction of sp³-hybridized carbons (Fsp3) is 0.182. The molecule has 226 valence electrons. The average molecular weight is 608 g/mol. The molecule has 2 aliphatic heterocycles. The molecule has 0 aliphatic carbocycles. The Labute approximate surface area is 255 Å². The van der Waals surface area contributed by atoms with Gasteiger partial charge in [0.1, 0.15) is 12.7 Å². The van der Waals surface area contributed by atoms with E-state index in [0.29, 0.717) is 16.7 Å². The number of rotatable bonds is 8. The lowest BCUT2D eigenvalue weighted by Gasteiger charge is -2.32. The van der Waals surface area contributed by atoms with Gasteiger partial charge in [-0.1, -0.05) is 66.7 Å². The maximum absolute atomic E-state index is 13.3. The van der Waals surface area contributed by atoms with E-state index in [-0.39, 0.29) is 23.3 Å². The highest BCUT2D eigenvalue weighted by Gasteiger charge is 2.61. The summed E-state index contributed by atoms with van der Waals surface area (Å²) in [5.74, 6) is -2.91. The van der Waals surface area contributed by atoms with Crippen molar-refractivity contribution in [1.82, 2.24) is 9.55 Å². The van der Waals surface area contributed by atoms with Gasteiger partial charge in [-0.3, -0.25) is 19.4 Å². The Morgan fingerprint density at radius 3 is 2.18 bits per heavy atom. The fourth-order valence-corrected chi connectivity index (χ4v) is 5.60. The SMILES string of the molecule is O=C(OC[C@H]1O[C@@H]2OC(c3ccccc3)(n3ccc4c([N+](=O)[O-])ccnc43)O[C@@H]2[C@@H]1OC(=O)c1ccccc1)c1ccccc1. The molecule has 0 radical (unpaired) electrons. The molecule has 0 saturated carbocycles. The van der Waals surface area contributed by atoms with Crippen LogP contribution in [0.4, 0.5) is 5.69 Å². The predicted molar refractivity (Wildman–Crippen MR) is 157 cm³/mol. The molecule has 2 aromatic heterocycles. The molecule has 7 rings (SSSR count). The number of ether oxygens (including phenoxy) is 5. The molecule has 5 aromatic rings. The van der Waals surface area contributed by atoms with Crippen molar-refractivity contribution >= 4 is 28.7 Å². The first-order valence-electron chi connectivity index (χ1n) is 14.1. The third kappa shape index (κ3) is 5.10. The molecular weight excluding hydrogens is 582 g/mol. The third-order valence-corrected chi connectivity index (χ3v) is 7.70. The van der Waals surface area contributed by atoms with Crippen LogP contribution in [0.2, 0.25) is 0 Å². The summed E-state index contributed by atoms with van der Waals surface area (Å²) in [6, 6.07) is 28.7. The Balaban J connectivity index is 1.25. The number of benzene rings is 3. The molecule has 45 heavy (non-hydrogen) atoms. The van der Waals surface area contributed by atoms with Crippen LogP contribution in [0, 0.1) is 10.1 Å². The summed E-state index contributed by atoms with van der Waals surface area (Å²) in [6.07, 6.45) is -1.16.